The van der Waals surface area contributed by atoms with Gasteiger partial charge in [0.25, 0.3) is 0 Å². The van der Waals surface area contributed by atoms with Gasteiger partial charge in [0.15, 0.2) is 0 Å². The molecule has 1 heterocycles. The van der Waals surface area contributed by atoms with E-state index in [0.29, 0.717) is 37.6 Å². The van der Waals surface area contributed by atoms with Gasteiger partial charge in [0, 0.05) is 19.6 Å². The zero-order valence-electron chi connectivity index (χ0n) is 13.7. The highest BCUT2D eigenvalue weighted by Gasteiger charge is 2.17. The Morgan fingerprint density at radius 1 is 1.35 bits per heavy atom. The van der Waals surface area contributed by atoms with E-state index in [9.17, 15) is 12.8 Å². The molecule has 0 saturated carbocycles. The minimum absolute atomic E-state index is 0.0951. The number of morpholine rings is 1. The Morgan fingerprint density at radius 2 is 2.04 bits per heavy atom. The van der Waals surface area contributed by atoms with Gasteiger partial charge >= 0.3 is 0 Å². The molecule has 0 aromatic heterocycles. The van der Waals surface area contributed by atoms with Crippen LogP contribution >= 0.6 is 0 Å². The fourth-order valence-corrected chi connectivity index (χ4v) is 3.95. The van der Waals surface area contributed by atoms with Gasteiger partial charge in [0.1, 0.15) is 5.82 Å². The Morgan fingerprint density at radius 3 is 2.65 bits per heavy atom. The minimum Gasteiger partial charge on any atom is -0.378 e. The summed E-state index contributed by atoms with van der Waals surface area (Å²) in [4.78, 5) is 1.94. The van der Waals surface area contributed by atoms with Gasteiger partial charge in [-0.1, -0.05) is 26.3 Å². The smallest absolute Gasteiger partial charge is 0.212 e. The standard InChI is InChI=1S/C16H25FN2O3S/c1-3-13(2)12-23(20,21)18-11-14-4-5-16(15(17)10-14)19-6-8-22-9-7-19/h4-5,10,13,18H,3,6-9,11-12H2,1-2H3. The van der Waals surface area contributed by atoms with E-state index in [1.54, 1.807) is 12.1 Å². The Bertz CT molecular complexity index is 616. The van der Waals surface area contributed by atoms with E-state index in [1.807, 2.05) is 18.7 Å². The van der Waals surface area contributed by atoms with Crippen molar-refractivity contribution < 1.29 is 17.5 Å². The second kappa shape index (κ2) is 8.08. The van der Waals surface area contributed by atoms with Gasteiger partial charge in [0.05, 0.1) is 24.7 Å². The normalized spacial score (nSPS) is 17.3. The first-order chi connectivity index (χ1) is 10.9. The number of nitrogens with one attached hydrogen (secondary N) is 1. The second-order valence-electron chi connectivity index (χ2n) is 6.00. The van der Waals surface area contributed by atoms with E-state index in [4.69, 9.17) is 4.74 Å². The van der Waals surface area contributed by atoms with Gasteiger partial charge in [-0.15, -0.1) is 0 Å². The lowest BCUT2D eigenvalue weighted by Gasteiger charge is -2.29. The monoisotopic (exact) mass is 344 g/mol. The zero-order valence-corrected chi connectivity index (χ0v) is 14.5. The van der Waals surface area contributed by atoms with Crippen LogP contribution in [0.4, 0.5) is 10.1 Å². The van der Waals surface area contributed by atoms with Crippen LogP contribution in [0.1, 0.15) is 25.8 Å². The molecule has 1 atom stereocenters. The lowest BCUT2D eigenvalue weighted by Crippen LogP contribution is -2.36. The van der Waals surface area contributed by atoms with Crippen LogP contribution in [0.15, 0.2) is 18.2 Å². The van der Waals surface area contributed by atoms with Crippen LogP contribution in [-0.2, 0) is 21.3 Å². The van der Waals surface area contributed by atoms with Gasteiger partial charge in [-0.3, -0.25) is 0 Å². The molecule has 0 radical (unpaired) electrons. The Kier molecular flexibility index (Phi) is 6.38. The van der Waals surface area contributed by atoms with Crippen LogP contribution in [0, 0.1) is 11.7 Å². The molecule has 7 heteroatoms. The maximum Gasteiger partial charge on any atom is 0.212 e. The Labute approximate surface area is 137 Å². The van der Waals surface area contributed by atoms with Crippen LogP contribution in [0.2, 0.25) is 0 Å². The highest BCUT2D eigenvalue weighted by atomic mass is 32.2. The summed E-state index contributed by atoms with van der Waals surface area (Å²) in [5.41, 5.74) is 1.16. The van der Waals surface area contributed by atoms with Crippen LogP contribution in [0.5, 0.6) is 0 Å². The zero-order chi connectivity index (χ0) is 16.9. The van der Waals surface area contributed by atoms with Crippen LogP contribution in [-0.4, -0.2) is 40.5 Å². The molecule has 1 aliphatic rings. The number of rotatable bonds is 7. The molecule has 0 aliphatic carbocycles. The highest BCUT2D eigenvalue weighted by molar-refractivity contribution is 7.89. The quantitative estimate of drug-likeness (QED) is 0.823. The van der Waals surface area contributed by atoms with Crippen molar-refractivity contribution in [2.24, 2.45) is 5.92 Å². The molecule has 1 saturated heterocycles. The van der Waals surface area contributed by atoms with Crippen molar-refractivity contribution in [3.05, 3.63) is 29.6 Å². The number of sulfonamides is 1. The van der Waals surface area contributed by atoms with E-state index < -0.39 is 10.0 Å². The third kappa shape index (κ3) is 5.44. The van der Waals surface area contributed by atoms with Gasteiger partial charge in [-0.2, -0.15) is 0 Å². The van der Waals surface area contributed by atoms with E-state index in [2.05, 4.69) is 4.72 Å². The van der Waals surface area contributed by atoms with Crippen molar-refractivity contribution in [2.45, 2.75) is 26.8 Å². The SMILES string of the molecule is CCC(C)CS(=O)(=O)NCc1ccc(N2CCOCC2)c(F)c1. The van der Waals surface area contributed by atoms with Crippen molar-refractivity contribution >= 4 is 15.7 Å². The van der Waals surface area contributed by atoms with Crippen molar-refractivity contribution in [3.8, 4) is 0 Å². The average molecular weight is 344 g/mol. The first kappa shape index (κ1) is 18.2. The van der Waals surface area contributed by atoms with E-state index >= 15 is 0 Å². The summed E-state index contributed by atoms with van der Waals surface area (Å²) in [6, 6.07) is 4.87. The van der Waals surface area contributed by atoms with E-state index in [-0.39, 0.29) is 24.0 Å². The van der Waals surface area contributed by atoms with E-state index in [1.165, 1.54) is 6.07 Å². The number of anilines is 1. The summed E-state index contributed by atoms with van der Waals surface area (Å²) < 4.78 is 45.9. The molecule has 1 aromatic rings. The predicted molar refractivity (Wildman–Crippen MR) is 89.5 cm³/mol. The van der Waals surface area contributed by atoms with Crippen LogP contribution in [0.3, 0.4) is 0 Å². The van der Waals surface area contributed by atoms with Crippen molar-refractivity contribution in [2.75, 3.05) is 37.0 Å². The minimum atomic E-state index is -3.33. The summed E-state index contributed by atoms with van der Waals surface area (Å²) in [6.07, 6.45) is 0.809. The fourth-order valence-electron chi connectivity index (χ4n) is 2.47. The molecule has 0 spiro atoms. The third-order valence-corrected chi connectivity index (χ3v) is 5.65. The molecule has 1 fully saturated rings. The van der Waals surface area contributed by atoms with Gasteiger partial charge in [-0.05, 0) is 23.6 Å². The summed E-state index contributed by atoms with van der Waals surface area (Å²) in [7, 11) is -3.33. The van der Waals surface area contributed by atoms with Crippen LogP contribution in [0.25, 0.3) is 0 Å². The Hall–Kier alpha value is -1.18. The number of hydrogen-bond donors (Lipinski definition) is 1. The maximum atomic E-state index is 14.3. The van der Waals surface area contributed by atoms with Crippen molar-refractivity contribution in [3.63, 3.8) is 0 Å². The summed E-state index contributed by atoms with van der Waals surface area (Å²) in [6.45, 7) is 6.48. The molecule has 1 N–H and O–H groups in total. The fraction of sp³-hybridized carbons (Fsp3) is 0.625. The summed E-state index contributed by atoms with van der Waals surface area (Å²) in [5.74, 6) is -0.129. The Balaban J connectivity index is 1.97. The molecule has 0 amide bonds. The number of nitrogens with zero attached hydrogens (tertiary/aromatic N) is 1. The second-order valence-corrected chi connectivity index (χ2v) is 7.85. The maximum absolute atomic E-state index is 14.3. The first-order valence-electron chi connectivity index (χ1n) is 7.99. The average Bonchev–Trinajstić information content (AvgIpc) is 2.53. The summed E-state index contributed by atoms with van der Waals surface area (Å²) in [5, 5.41) is 0. The van der Waals surface area contributed by atoms with Gasteiger partial charge in [-0.25, -0.2) is 17.5 Å². The molecule has 130 valence electrons. The van der Waals surface area contributed by atoms with Crippen molar-refractivity contribution in [1.29, 1.82) is 0 Å². The number of benzene rings is 1. The molecule has 1 aliphatic heterocycles. The molecule has 0 bridgehead atoms. The van der Waals surface area contributed by atoms with E-state index in [0.717, 1.165) is 6.42 Å². The molecule has 1 unspecified atom stereocenters. The van der Waals surface area contributed by atoms with Crippen LogP contribution < -0.4 is 9.62 Å². The molecular weight excluding hydrogens is 319 g/mol. The molecule has 23 heavy (non-hydrogen) atoms. The lowest BCUT2D eigenvalue weighted by atomic mass is 10.2. The van der Waals surface area contributed by atoms with Gasteiger partial charge < -0.3 is 9.64 Å². The summed E-state index contributed by atoms with van der Waals surface area (Å²) >= 11 is 0. The number of hydrogen-bond acceptors (Lipinski definition) is 4. The van der Waals surface area contributed by atoms with Gasteiger partial charge in [0.2, 0.25) is 10.0 Å². The topological polar surface area (TPSA) is 58.6 Å². The molecule has 5 nitrogen and oxygen atoms in total. The molecular formula is C16H25FN2O3S. The number of ether oxygens (including phenoxy) is 1. The third-order valence-electron chi connectivity index (χ3n) is 4.06. The largest absolute Gasteiger partial charge is 0.378 e. The predicted octanol–water partition coefficient (Wildman–Crippen LogP) is 2.13. The highest BCUT2D eigenvalue weighted by Crippen LogP contribution is 2.21. The number of halogens is 1. The molecule has 2 rings (SSSR count). The lowest BCUT2D eigenvalue weighted by molar-refractivity contribution is 0.122. The van der Waals surface area contributed by atoms with Crippen molar-refractivity contribution in [1.82, 2.24) is 4.72 Å². The molecule has 1 aromatic carbocycles. The first-order valence-corrected chi connectivity index (χ1v) is 9.65.